The highest BCUT2D eigenvalue weighted by Crippen LogP contribution is 2.45. The van der Waals surface area contributed by atoms with Gasteiger partial charge in [0.1, 0.15) is 17.9 Å². The molecule has 1 saturated carbocycles. The highest BCUT2D eigenvalue weighted by Gasteiger charge is 2.46. The Hall–Kier alpha value is -2.91. The van der Waals surface area contributed by atoms with Crippen LogP contribution >= 0.6 is 0 Å². The SMILES string of the molecule is CC(C)N(C(=O)c1cc(F)ccc1Oc1cncnc1N1CC2(CCN(C[C@@H]3CC[C@@H](NS(=O)(=O)C4CC4)CO3)CC2)C1)C1CCOC1. The molecule has 0 radical (unpaired) electrons. The molecule has 48 heavy (non-hydrogen) atoms. The number of sulfonamides is 1. The molecule has 262 valence electrons. The molecule has 1 aromatic carbocycles. The number of hydrogen-bond donors (Lipinski definition) is 1. The van der Waals surface area contributed by atoms with Gasteiger partial charge in [0.15, 0.2) is 11.6 Å². The van der Waals surface area contributed by atoms with Crippen molar-refractivity contribution in [3.8, 4) is 11.5 Å². The minimum atomic E-state index is -3.19. The van der Waals surface area contributed by atoms with E-state index in [1.807, 2.05) is 13.8 Å². The third-order valence-corrected chi connectivity index (χ3v) is 12.5. The van der Waals surface area contributed by atoms with Crippen molar-refractivity contribution in [2.24, 2.45) is 5.41 Å². The number of anilines is 1. The Labute approximate surface area is 282 Å². The third-order valence-electron chi connectivity index (χ3n) is 10.5. The number of nitrogens with zero attached hydrogens (tertiary/aromatic N) is 5. The average molecular weight is 687 g/mol. The number of piperidine rings is 1. The molecule has 3 atom stereocenters. The van der Waals surface area contributed by atoms with Crippen LogP contribution in [0.25, 0.3) is 0 Å². The monoisotopic (exact) mass is 686 g/mol. The lowest BCUT2D eigenvalue weighted by molar-refractivity contribution is -0.0299. The first-order valence-corrected chi connectivity index (χ1v) is 18.9. The summed E-state index contributed by atoms with van der Waals surface area (Å²) in [4.78, 5) is 29.0. The van der Waals surface area contributed by atoms with Gasteiger partial charge in [0.25, 0.3) is 5.91 Å². The van der Waals surface area contributed by atoms with E-state index >= 15 is 0 Å². The van der Waals surface area contributed by atoms with E-state index in [1.54, 1.807) is 11.1 Å². The minimum absolute atomic E-state index is 0.0736. The highest BCUT2D eigenvalue weighted by atomic mass is 32.2. The summed E-state index contributed by atoms with van der Waals surface area (Å²) in [6.45, 7) is 9.91. The molecule has 1 N–H and O–H groups in total. The highest BCUT2D eigenvalue weighted by molar-refractivity contribution is 7.90. The molecule has 12 nitrogen and oxygen atoms in total. The molecule has 4 saturated heterocycles. The van der Waals surface area contributed by atoms with Gasteiger partial charge in [-0.3, -0.25) is 4.79 Å². The Kier molecular flexibility index (Phi) is 9.64. The Morgan fingerprint density at radius 2 is 1.92 bits per heavy atom. The lowest BCUT2D eigenvalue weighted by atomic mass is 9.72. The number of likely N-dealkylation sites (tertiary alicyclic amines) is 1. The fraction of sp³-hybridized carbons (Fsp3) is 0.676. The van der Waals surface area contributed by atoms with Gasteiger partial charge in [0.2, 0.25) is 10.0 Å². The van der Waals surface area contributed by atoms with Crippen LogP contribution in [0, 0.1) is 11.2 Å². The van der Waals surface area contributed by atoms with Crippen molar-refractivity contribution in [2.45, 2.75) is 88.3 Å². The zero-order valence-electron chi connectivity index (χ0n) is 27.9. The number of ether oxygens (including phenoxy) is 3. The second-order valence-electron chi connectivity index (χ2n) is 14.5. The van der Waals surface area contributed by atoms with E-state index in [0.717, 1.165) is 77.7 Å². The van der Waals surface area contributed by atoms with E-state index in [1.165, 1.54) is 24.5 Å². The first kappa shape index (κ1) is 33.6. The number of nitrogens with one attached hydrogen (secondary N) is 1. The van der Waals surface area contributed by atoms with Crippen molar-refractivity contribution in [1.82, 2.24) is 24.5 Å². The van der Waals surface area contributed by atoms with Gasteiger partial charge in [-0.2, -0.15) is 0 Å². The molecule has 1 aromatic heterocycles. The quantitative estimate of drug-likeness (QED) is 0.375. The maximum atomic E-state index is 14.5. The van der Waals surface area contributed by atoms with Crippen molar-refractivity contribution in [2.75, 3.05) is 57.4 Å². The molecule has 1 spiro atoms. The number of hydrogen-bond acceptors (Lipinski definition) is 10. The van der Waals surface area contributed by atoms with Crippen LogP contribution in [0.5, 0.6) is 11.5 Å². The molecule has 1 aliphatic carbocycles. The fourth-order valence-electron chi connectivity index (χ4n) is 7.68. The molecule has 5 fully saturated rings. The van der Waals surface area contributed by atoms with Gasteiger partial charge >= 0.3 is 0 Å². The topological polar surface area (TPSA) is 126 Å². The molecule has 7 rings (SSSR count). The smallest absolute Gasteiger partial charge is 0.258 e. The maximum Gasteiger partial charge on any atom is 0.258 e. The summed E-state index contributed by atoms with van der Waals surface area (Å²) in [5, 5.41) is -0.205. The van der Waals surface area contributed by atoms with E-state index in [4.69, 9.17) is 14.2 Å². The molecule has 2 aromatic rings. The molecule has 4 aliphatic heterocycles. The first-order valence-electron chi connectivity index (χ1n) is 17.4. The van der Waals surface area contributed by atoms with Crippen molar-refractivity contribution < 1.29 is 31.8 Å². The summed E-state index contributed by atoms with van der Waals surface area (Å²) in [7, 11) is -3.19. The summed E-state index contributed by atoms with van der Waals surface area (Å²) in [6.07, 6.45) is 9.29. The predicted octanol–water partition coefficient (Wildman–Crippen LogP) is 3.58. The second-order valence-corrected chi connectivity index (χ2v) is 16.5. The molecular weight excluding hydrogens is 639 g/mol. The van der Waals surface area contributed by atoms with E-state index in [0.29, 0.717) is 31.4 Å². The lowest BCUT2D eigenvalue weighted by Gasteiger charge is -2.54. The molecule has 5 aliphatic rings. The summed E-state index contributed by atoms with van der Waals surface area (Å²) >= 11 is 0. The number of halogens is 1. The molecule has 5 heterocycles. The van der Waals surface area contributed by atoms with Crippen LogP contribution in [0.2, 0.25) is 0 Å². The van der Waals surface area contributed by atoms with E-state index < -0.39 is 15.8 Å². The Morgan fingerprint density at radius 1 is 1.12 bits per heavy atom. The number of carbonyl (C=O) groups excluding carboxylic acids is 1. The zero-order chi connectivity index (χ0) is 33.5. The minimum Gasteiger partial charge on any atom is -0.451 e. The van der Waals surface area contributed by atoms with Crippen LogP contribution < -0.4 is 14.4 Å². The summed E-state index contributed by atoms with van der Waals surface area (Å²) in [5.74, 6) is 0.557. The second kappa shape index (κ2) is 13.8. The van der Waals surface area contributed by atoms with Crippen LogP contribution in [0.3, 0.4) is 0 Å². The van der Waals surface area contributed by atoms with E-state index in [2.05, 4.69) is 24.5 Å². The predicted molar refractivity (Wildman–Crippen MR) is 177 cm³/mol. The normalized spacial score (nSPS) is 26.1. The maximum absolute atomic E-state index is 14.5. The summed E-state index contributed by atoms with van der Waals surface area (Å²) in [6, 6.07) is 3.75. The van der Waals surface area contributed by atoms with Crippen molar-refractivity contribution >= 4 is 21.7 Å². The number of aromatic nitrogens is 2. The fourth-order valence-corrected chi connectivity index (χ4v) is 9.28. The molecule has 1 amide bonds. The van der Waals surface area contributed by atoms with E-state index in [9.17, 15) is 17.6 Å². The number of amides is 1. The summed E-state index contributed by atoms with van der Waals surface area (Å²) < 4.78 is 59.9. The molecule has 14 heteroatoms. The largest absolute Gasteiger partial charge is 0.451 e. The Balaban J connectivity index is 0.937. The molecule has 0 bridgehead atoms. The number of rotatable bonds is 11. The van der Waals surface area contributed by atoms with Crippen molar-refractivity contribution in [1.29, 1.82) is 0 Å². The van der Waals surface area contributed by atoms with Crippen LogP contribution in [0.4, 0.5) is 10.2 Å². The van der Waals surface area contributed by atoms with Gasteiger partial charge in [-0.15, -0.1) is 0 Å². The molecular formula is C34H47FN6O6S. The van der Waals surface area contributed by atoms with Crippen molar-refractivity contribution in [3.63, 3.8) is 0 Å². The van der Waals surface area contributed by atoms with Crippen LogP contribution in [0.1, 0.15) is 69.2 Å². The van der Waals surface area contributed by atoms with Crippen molar-refractivity contribution in [3.05, 3.63) is 42.1 Å². The standard InChI is InChI=1S/C34H47FN6O6S/c1-23(2)41(26-9-14-45-19-26)33(42)29-15-24(35)3-8-30(29)47-31-16-36-22-37-32(31)40-20-34(21-40)10-12-39(13-11-34)17-27-5-4-25(18-46-27)38-48(43,44)28-6-7-28/h3,8,15-16,22-23,25-28,38H,4-7,9-14,17-21H2,1-2H3/t25-,26?,27+/m1/s1. The molecule has 1 unspecified atom stereocenters. The van der Waals surface area contributed by atoms with Gasteiger partial charge in [0.05, 0.1) is 42.4 Å². The number of benzene rings is 1. The van der Waals surface area contributed by atoms with Gasteiger partial charge in [-0.1, -0.05) is 0 Å². The van der Waals surface area contributed by atoms with E-state index in [-0.39, 0.29) is 52.1 Å². The van der Waals surface area contributed by atoms with Gasteiger partial charge in [-0.05, 0) is 90.1 Å². The lowest BCUT2D eigenvalue weighted by Crippen LogP contribution is -2.61. The van der Waals surface area contributed by atoms with Gasteiger partial charge in [-0.25, -0.2) is 27.5 Å². The third kappa shape index (κ3) is 7.32. The number of carbonyl (C=O) groups is 1. The van der Waals surface area contributed by atoms with Gasteiger partial charge < -0.3 is 28.9 Å². The van der Waals surface area contributed by atoms with Crippen LogP contribution in [-0.2, 0) is 19.5 Å². The van der Waals surface area contributed by atoms with Crippen LogP contribution in [-0.4, -0.2) is 116 Å². The Bertz CT molecular complexity index is 1560. The van der Waals surface area contributed by atoms with Crippen LogP contribution in [0.15, 0.2) is 30.7 Å². The Morgan fingerprint density at radius 3 is 2.58 bits per heavy atom. The first-order chi connectivity index (χ1) is 23.1. The summed E-state index contributed by atoms with van der Waals surface area (Å²) in [5.41, 5.74) is 0.353. The van der Waals surface area contributed by atoms with Gasteiger partial charge in [0, 0.05) is 43.7 Å². The average Bonchev–Trinajstić information content (AvgIpc) is 3.80. The zero-order valence-corrected chi connectivity index (χ0v) is 28.7.